The molecule has 0 spiro atoms. The maximum absolute atomic E-state index is 13.3. The van der Waals surface area contributed by atoms with Crippen LogP contribution in [0.4, 0.5) is 0 Å². The Balaban J connectivity index is 2.46. The van der Waals surface area contributed by atoms with Gasteiger partial charge in [0.1, 0.15) is 30.2 Å². The lowest BCUT2D eigenvalue weighted by molar-refractivity contribution is -0.135. The molecule has 0 saturated carbocycles. The second kappa shape index (κ2) is 14.4. The average molecular weight is 599 g/mol. The largest absolute Gasteiger partial charge is 0.368 e. The highest BCUT2D eigenvalue weighted by molar-refractivity contribution is 8.77. The van der Waals surface area contributed by atoms with Gasteiger partial charge < -0.3 is 37.3 Å². The van der Waals surface area contributed by atoms with Crippen molar-refractivity contribution in [1.82, 2.24) is 36.6 Å². The normalized spacial score (nSPS) is 27.0. The predicted octanol–water partition coefficient (Wildman–Crippen LogP) is -1.27. The molecular weight excluding hydrogens is 560 g/mol. The molecule has 40 heavy (non-hydrogen) atoms. The Labute approximate surface area is 240 Å². The van der Waals surface area contributed by atoms with E-state index in [1.807, 2.05) is 0 Å². The van der Waals surface area contributed by atoms with Gasteiger partial charge in [-0.2, -0.15) is 0 Å². The molecule has 14 nitrogen and oxygen atoms in total. The van der Waals surface area contributed by atoms with E-state index in [2.05, 4.69) is 36.6 Å². The SMILES string of the molecule is CC(=O)N[C@H]1CSSC(C)(C)[C@@H](C(N)=O)NC(=O)C(C(C)C)NC(=O)[C@H](C)NC(=O)[C@H](Cc2c[nH]cn2)NC1=O. The highest BCUT2D eigenvalue weighted by Gasteiger charge is 2.39. The smallest absolute Gasteiger partial charge is 0.244 e. The van der Waals surface area contributed by atoms with E-state index in [4.69, 9.17) is 5.73 Å². The Morgan fingerprint density at radius 2 is 1.75 bits per heavy atom. The van der Waals surface area contributed by atoms with Crippen molar-refractivity contribution >= 4 is 57.0 Å². The van der Waals surface area contributed by atoms with E-state index in [9.17, 15) is 28.8 Å². The molecule has 6 amide bonds. The molecule has 0 bridgehead atoms. The minimum absolute atomic E-state index is 0.00838. The van der Waals surface area contributed by atoms with Gasteiger partial charge in [0.05, 0.1) is 12.0 Å². The highest BCUT2D eigenvalue weighted by Crippen LogP contribution is 2.38. The molecule has 1 unspecified atom stereocenters. The van der Waals surface area contributed by atoms with Gasteiger partial charge in [0, 0.05) is 30.0 Å². The number of H-pyrrole nitrogens is 1. The lowest BCUT2D eigenvalue weighted by Gasteiger charge is -2.33. The summed E-state index contributed by atoms with van der Waals surface area (Å²) in [5.41, 5.74) is 6.13. The molecule has 1 aromatic heterocycles. The molecule has 1 aliphatic heterocycles. The lowest BCUT2D eigenvalue weighted by atomic mass is 9.99. The summed E-state index contributed by atoms with van der Waals surface area (Å²) in [5, 5.41) is 13.1. The summed E-state index contributed by atoms with van der Waals surface area (Å²) in [6, 6.07) is -5.41. The zero-order valence-corrected chi connectivity index (χ0v) is 25.0. The van der Waals surface area contributed by atoms with E-state index in [0.717, 1.165) is 0 Å². The number of nitrogens with one attached hydrogen (secondary N) is 6. The van der Waals surface area contributed by atoms with Crippen LogP contribution in [0, 0.1) is 5.92 Å². The van der Waals surface area contributed by atoms with Crippen LogP contribution in [-0.4, -0.2) is 86.1 Å². The third kappa shape index (κ3) is 9.43. The average Bonchev–Trinajstić information content (AvgIpc) is 3.36. The summed E-state index contributed by atoms with van der Waals surface area (Å²) >= 11 is 0. The van der Waals surface area contributed by atoms with Crippen molar-refractivity contribution in [3.05, 3.63) is 18.2 Å². The van der Waals surface area contributed by atoms with Gasteiger partial charge in [-0.1, -0.05) is 35.4 Å². The monoisotopic (exact) mass is 598 g/mol. The summed E-state index contributed by atoms with van der Waals surface area (Å²) in [6.07, 6.45) is 3.00. The molecule has 8 N–H and O–H groups in total. The fraction of sp³-hybridized carbons (Fsp3) is 0.625. The third-order valence-corrected chi connectivity index (χ3v) is 9.37. The van der Waals surface area contributed by atoms with Crippen LogP contribution in [0.1, 0.15) is 47.2 Å². The topological polar surface area (TPSA) is 217 Å². The van der Waals surface area contributed by atoms with Crippen LogP contribution in [0.2, 0.25) is 0 Å². The van der Waals surface area contributed by atoms with E-state index in [1.54, 1.807) is 33.9 Å². The van der Waals surface area contributed by atoms with E-state index >= 15 is 0 Å². The van der Waals surface area contributed by atoms with Crippen LogP contribution in [0.3, 0.4) is 0 Å². The first-order valence-electron chi connectivity index (χ1n) is 12.7. The van der Waals surface area contributed by atoms with E-state index < -0.39 is 70.4 Å². The first-order chi connectivity index (χ1) is 18.6. The molecule has 1 aromatic rings. The zero-order valence-electron chi connectivity index (χ0n) is 23.3. The highest BCUT2D eigenvalue weighted by atomic mass is 33.1. The molecule has 2 heterocycles. The number of hydrogen-bond donors (Lipinski definition) is 7. The number of imidazole rings is 1. The zero-order chi connectivity index (χ0) is 30.2. The summed E-state index contributed by atoms with van der Waals surface area (Å²) in [6.45, 7) is 9.55. The summed E-state index contributed by atoms with van der Waals surface area (Å²) in [5.74, 6) is -4.08. The van der Waals surface area contributed by atoms with Gasteiger partial charge in [0.2, 0.25) is 35.4 Å². The molecule has 1 saturated heterocycles. The van der Waals surface area contributed by atoms with Crippen LogP contribution < -0.4 is 32.3 Å². The number of nitrogens with two attached hydrogens (primary N) is 1. The van der Waals surface area contributed by atoms with Gasteiger partial charge in [0.15, 0.2) is 0 Å². The Hall–Kier alpha value is -3.27. The van der Waals surface area contributed by atoms with Crippen LogP contribution in [0.5, 0.6) is 0 Å². The van der Waals surface area contributed by atoms with E-state index in [1.165, 1.54) is 41.8 Å². The fourth-order valence-electron chi connectivity index (χ4n) is 3.84. The van der Waals surface area contributed by atoms with Gasteiger partial charge in [-0.15, -0.1) is 0 Å². The lowest BCUT2D eigenvalue weighted by Crippen LogP contribution is -2.61. The molecule has 16 heteroatoms. The Morgan fingerprint density at radius 3 is 2.30 bits per heavy atom. The van der Waals surface area contributed by atoms with E-state index in [-0.39, 0.29) is 18.1 Å². The molecule has 0 radical (unpaired) electrons. The van der Waals surface area contributed by atoms with Crippen molar-refractivity contribution in [2.45, 2.75) is 82.9 Å². The summed E-state index contributed by atoms with van der Waals surface area (Å²) in [4.78, 5) is 83.9. The molecule has 222 valence electrons. The number of carbonyl (C=O) groups is 6. The van der Waals surface area contributed by atoms with Crippen LogP contribution in [-0.2, 0) is 35.2 Å². The number of aromatic amines is 1. The molecule has 2 rings (SSSR count). The van der Waals surface area contributed by atoms with Crippen LogP contribution >= 0.6 is 21.6 Å². The van der Waals surface area contributed by atoms with E-state index in [0.29, 0.717) is 5.69 Å². The predicted molar refractivity (Wildman–Crippen MR) is 151 cm³/mol. The van der Waals surface area contributed by atoms with Crippen molar-refractivity contribution in [3.8, 4) is 0 Å². The first kappa shape index (κ1) is 32.9. The number of carbonyl (C=O) groups excluding carboxylic acids is 6. The Kier molecular flexibility index (Phi) is 11.8. The molecule has 0 aromatic carbocycles. The number of amides is 6. The second-order valence-electron chi connectivity index (χ2n) is 10.4. The summed E-state index contributed by atoms with van der Waals surface area (Å²) < 4.78 is -0.948. The van der Waals surface area contributed by atoms with Gasteiger partial charge in [-0.25, -0.2) is 4.98 Å². The van der Waals surface area contributed by atoms with Crippen LogP contribution in [0.25, 0.3) is 0 Å². The molecule has 5 atom stereocenters. The van der Waals surface area contributed by atoms with Gasteiger partial charge in [0.25, 0.3) is 0 Å². The van der Waals surface area contributed by atoms with Crippen molar-refractivity contribution < 1.29 is 28.8 Å². The Bertz CT molecular complexity index is 1100. The molecule has 1 aliphatic rings. The molecule has 1 fully saturated rings. The van der Waals surface area contributed by atoms with Crippen LogP contribution in [0.15, 0.2) is 12.5 Å². The third-order valence-electron chi connectivity index (χ3n) is 6.07. The van der Waals surface area contributed by atoms with Crippen molar-refractivity contribution in [1.29, 1.82) is 0 Å². The fourth-order valence-corrected chi connectivity index (χ4v) is 6.66. The first-order valence-corrected chi connectivity index (χ1v) is 15.0. The second-order valence-corrected chi connectivity index (χ2v) is 13.3. The minimum Gasteiger partial charge on any atom is -0.368 e. The molecular formula is C24H38N8O6S2. The van der Waals surface area contributed by atoms with Gasteiger partial charge in [-0.05, 0) is 26.7 Å². The molecule has 0 aliphatic carbocycles. The summed E-state index contributed by atoms with van der Waals surface area (Å²) in [7, 11) is 2.38. The maximum Gasteiger partial charge on any atom is 0.244 e. The van der Waals surface area contributed by atoms with Crippen molar-refractivity contribution in [2.75, 3.05) is 5.75 Å². The van der Waals surface area contributed by atoms with Gasteiger partial charge >= 0.3 is 0 Å². The number of nitrogens with zero attached hydrogens (tertiary/aromatic N) is 1. The Morgan fingerprint density at radius 1 is 1.07 bits per heavy atom. The van der Waals surface area contributed by atoms with Crippen molar-refractivity contribution in [3.63, 3.8) is 0 Å². The number of rotatable bonds is 5. The number of aromatic nitrogens is 2. The quantitative estimate of drug-likeness (QED) is 0.201. The van der Waals surface area contributed by atoms with Gasteiger partial charge in [-0.3, -0.25) is 28.8 Å². The van der Waals surface area contributed by atoms with Crippen molar-refractivity contribution in [2.24, 2.45) is 11.7 Å². The standard InChI is InChI=1S/C24H38N8O6S2/c1-11(2)17-23(38)32-18(19(25)34)24(5,6)40-39-9-16(29-13(4)33)22(37)30-15(7-14-8-26-10-27-14)21(36)28-12(3)20(35)31-17/h8,10-12,15-18H,7,9H2,1-6H3,(H2,25,34)(H,26,27)(H,28,36)(H,29,33)(H,30,37)(H,31,35)(H,32,38)/t12-,15-,16-,17?,18+/m0/s1. The number of primary amides is 1. The minimum atomic E-state index is -1.13. The maximum atomic E-state index is 13.3. The number of hydrogen-bond acceptors (Lipinski definition) is 9.